The van der Waals surface area contributed by atoms with E-state index in [0.29, 0.717) is 23.5 Å². The second-order valence-corrected chi connectivity index (χ2v) is 10.2. The van der Waals surface area contributed by atoms with E-state index in [1.165, 1.54) is 6.07 Å². The van der Waals surface area contributed by atoms with Gasteiger partial charge in [-0.1, -0.05) is 65.8 Å². The van der Waals surface area contributed by atoms with Gasteiger partial charge in [0.1, 0.15) is 5.82 Å². The van der Waals surface area contributed by atoms with E-state index in [1.807, 2.05) is 73.3 Å². The first-order chi connectivity index (χ1) is 20.3. The minimum Gasteiger partial charge on any atom is -0.465 e. The predicted molar refractivity (Wildman–Crippen MR) is 157 cm³/mol. The average molecular weight is 567 g/mol. The molecule has 4 aromatic rings. The number of hydrogen-bond acceptors (Lipinski definition) is 7. The molecule has 0 spiro atoms. The van der Waals surface area contributed by atoms with Crippen LogP contribution in [0, 0.1) is 11.2 Å². The van der Waals surface area contributed by atoms with E-state index < -0.39 is 17.3 Å². The Hall–Kier alpha value is -5.05. The molecule has 1 amide bonds. The van der Waals surface area contributed by atoms with Crippen LogP contribution < -0.4 is 5.32 Å². The minimum atomic E-state index is -1.51. The highest BCUT2D eigenvalue weighted by atomic mass is 19.1. The highest BCUT2D eigenvalue weighted by molar-refractivity contribution is 6.07. The second kappa shape index (κ2) is 12.2. The van der Waals surface area contributed by atoms with Crippen LogP contribution in [0.4, 0.5) is 4.39 Å². The number of aromatic nitrogens is 2. The quantitative estimate of drug-likeness (QED) is 0.192. The molecular weight excluding hydrogens is 535 g/mol. The van der Waals surface area contributed by atoms with Gasteiger partial charge in [0.25, 0.3) is 5.89 Å². The maximum atomic E-state index is 14.8. The molecule has 1 aliphatic rings. The SMILES string of the molecule is CCOC(=O)C1(C(=O)NC(C)C)C=CN(Cc2ccc(-c3noc(-c4ccc(-c5ccccc5)c(F)c4)n3)cc2)C=C1. The van der Waals surface area contributed by atoms with Gasteiger partial charge in [0, 0.05) is 41.7 Å². The predicted octanol–water partition coefficient (Wildman–Crippen LogP) is 6.13. The summed E-state index contributed by atoms with van der Waals surface area (Å²) in [5.41, 5.74) is 1.99. The molecule has 0 radical (unpaired) electrons. The van der Waals surface area contributed by atoms with Crippen LogP contribution in [0.15, 0.2) is 102 Å². The van der Waals surface area contributed by atoms with E-state index in [9.17, 15) is 14.0 Å². The van der Waals surface area contributed by atoms with E-state index in [0.717, 1.165) is 16.7 Å². The van der Waals surface area contributed by atoms with Gasteiger partial charge >= 0.3 is 5.97 Å². The fourth-order valence-corrected chi connectivity index (χ4v) is 4.58. The van der Waals surface area contributed by atoms with Crippen molar-refractivity contribution in [2.75, 3.05) is 6.61 Å². The maximum Gasteiger partial charge on any atom is 0.329 e. The zero-order chi connectivity index (χ0) is 29.7. The van der Waals surface area contributed by atoms with Crippen molar-refractivity contribution in [2.24, 2.45) is 5.41 Å². The van der Waals surface area contributed by atoms with Gasteiger partial charge in [-0.15, -0.1) is 0 Å². The molecule has 3 aromatic carbocycles. The molecule has 0 saturated carbocycles. The monoisotopic (exact) mass is 566 g/mol. The summed E-state index contributed by atoms with van der Waals surface area (Å²) in [6.07, 6.45) is 6.54. The van der Waals surface area contributed by atoms with Crippen molar-refractivity contribution in [3.8, 4) is 34.0 Å². The van der Waals surface area contributed by atoms with E-state index in [4.69, 9.17) is 9.26 Å². The lowest BCUT2D eigenvalue weighted by atomic mass is 9.85. The van der Waals surface area contributed by atoms with Gasteiger partial charge in [0.05, 0.1) is 6.61 Å². The Labute approximate surface area is 243 Å². The normalized spacial score (nSPS) is 13.8. The van der Waals surface area contributed by atoms with Crippen LogP contribution in [0.2, 0.25) is 0 Å². The summed E-state index contributed by atoms with van der Waals surface area (Å²) in [6, 6.07) is 21.7. The van der Waals surface area contributed by atoms with Gasteiger partial charge < -0.3 is 19.5 Å². The number of esters is 1. The molecule has 0 unspecified atom stereocenters. The fourth-order valence-electron chi connectivity index (χ4n) is 4.58. The van der Waals surface area contributed by atoms with E-state index in [-0.39, 0.29) is 24.4 Å². The van der Waals surface area contributed by atoms with Crippen LogP contribution in [0.1, 0.15) is 26.3 Å². The molecular formula is C33H31FN4O4. The fraction of sp³-hybridized carbons (Fsp3) is 0.212. The third-order valence-corrected chi connectivity index (χ3v) is 6.77. The standard InChI is InChI=1S/C33H31FN4O4/c1-4-41-32(40)33(31(39)35-22(2)3)16-18-38(19-17-33)21-23-10-12-25(13-11-23)29-36-30(42-37-29)26-14-15-27(28(34)20-26)24-8-6-5-7-9-24/h5-20,22H,4,21H2,1-3H3,(H,35,39). The maximum absolute atomic E-state index is 14.8. The first-order valence-electron chi connectivity index (χ1n) is 13.7. The molecule has 2 heterocycles. The number of amides is 1. The minimum absolute atomic E-state index is 0.126. The van der Waals surface area contributed by atoms with Crippen LogP contribution in [0.3, 0.4) is 0 Å². The van der Waals surface area contributed by atoms with Gasteiger partial charge in [-0.05, 0) is 56.2 Å². The van der Waals surface area contributed by atoms with Gasteiger partial charge in [0.15, 0.2) is 5.41 Å². The molecule has 1 aromatic heterocycles. The summed E-state index contributed by atoms with van der Waals surface area (Å²) in [6.45, 7) is 6.05. The number of hydrogen-bond donors (Lipinski definition) is 1. The van der Waals surface area contributed by atoms with Crippen molar-refractivity contribution < 1.29 is 23.2 Å². The molecule has 0 bridgehead atoms. The number of carbonyl (C=O) groups is 2. The molecule has 9 heteroatoms. The van der Waals surface area contributed by atoms with E-state index >= 15 is 0 Å². The number of halogens is 1. The van der Waals surface area contributed by atoms with Gasteiger partial charge in [0.2, 0.25) is 11.7 Å². The molecule has 0 fully saturated rings. The number of ether oxygens (including phenoxy) is 1. The number of rotatable bonds is 9. The Bertz CT molecular complexity index is 1610. The molecule has 214 valence electrons. The number of benzene rings is 3. The van der Waals surface area contributed by atoms with Crippen molar-refractivity contribution in [1.29, 1.82) is 0 Å². The van der Waals surface area contributed by atoms with Gasteiger partial charge in [-0.25, -0.2) is 4.39 Å². The molecule has 1 aliphatic heterocycles. The number of nitrogens with one attached hydrogen (secondary N) is 1. The Balaban J connectivity index is 1.26. The number of carbonyl (C=O) groups excluding carboxylic acids is 2. The third kappa shape index (κ3) is 6.00. The zero-order valence-electron chi connectivity index (χ0n) is 23.6. The smallest absolute Gasteiger partial charge is 0.329 e. The average Bonchev–Trinajstić information content (AvgIpc) is 3.49. The first-order valence-corrected chi connectivity index (χ1v) is 13.7. The van der Waals surface area contributed by atoms with Gasteiger partial charge in [-0.2, -0.15) is 4.98 Å². The van der Waals surface area contributed by atoms with Crippen LogP contribution in [0.25, 0.3) is 34.0 Å². The summed E-state index contributed by atoms with van der Waals surface area (Å²) in [4.78, 5) is 32.0. The van der Waals surface area contributed by atoms with E-state index in [1.54, 1.807) is 43.6 Å². The second-order valence-electron chi connectivity index (χ2n) is 10.2. The van der Waals surface area contributed by atoms with Crippen LogP contribution in [-0.4, -0.2) is 39.6 Å². The van der Waals surface area contributed by atoms with Crippen LogP contribution >= 0.6 is 0 Å². The summed E-state index contributed by atoms with van der Waals surface area (Å²) in [5.74, 6) is -0.806. The summed E-state index contributed by atoms with van der Waals surface area (Å²) in [7, 11) is 0. The highest BCUT2D eigenvalue weighted by Gasteiger charge is 2.44. The third-order valence-electron chi connectivity index (χ3n) is 6.77. The summed E-state index contributed by atoms with van der Waals surface area (Å²) < 4.78 is 25.5. The molecule has 8 nitrogen and oxygen atoms in total. The molecule has 0 aliphatic carbocycles. The molecule has 0 saturated heterocycles. The van der Waals surface area contributed by atoms with Crippen molar-refractivity contribution in [1.82, 2.24) is 20.4 Å². The molecule has 1 N–H and O–H groups in total. The van der Waals surface area contributed by atoms with E-state index in [2.05, 4.69) is 15.5 Å². The van der Waals surface area contributed by atoms with Crippen LogP contribution in [0.5, 0.6) is 0 Å². The van der Waals surface area contributed by atoms with Gasteiger partial charge in [-0.3, -0.25) is 9.59 Å². The van der Waals surface area contributed by atoms with Crippen molar-refractivity contribution in [2.45, 2.75) is 33.4 Å². The zero-order valence-corrected chi connectivity index (χ0v) is 23.6. The first kappa shape index (κ1) is 28.5. The summed E-state index contributed by atoms with van der Waals surface area (Å²) >= 11 is 0. The highest BCUT2D eigenvalue weighted by Crippen LogP contribution is 2.30. The van der Waals surface area contributed by atoms with Crippen LogP contribution in [-0.2, 0) is 20.9 Å². The topological polar surface area (TPSA) is 97.6 Å². The lowest BCUT2D eigenvalue weighted by Gasteiger charge is -2.30. The Morgan fingerprint density at radius 1 is 0.976 bits per heavy atom. The Morgan fingerprint density at radius 2 is 1.67 bits per heavy atom. The lowest BCUT2D eigenvalue weighted by Crippen LogP contribution is -2.48. The Kier molecular flexibility index (Phi) is 8.28. The molecule has 5 rings (SSSR count). The lowest BCUT2D eigenvalue weighted by molar-refractivity contribution is -0.154. The Morgan fingerprint density at radius 3 is 2.31 bits per heavy atom. The molecule has 42 heavy (non-hydrogen) atoms. The van der Waals surface area contributed by atoms with Crippen molar-refractivity contribution in [3.63, 3.8) is 0 Å². The van der Waals surface area contributed by atoms with Crippen molar-refractivity contribution in [3.05, 3.63) is 109 Å². The van der Waals surface area contributed by atoms with Crippen molar-refractivity contribution >= 4 is 11.9 Å². The molecule has 0 atom stereocenters. The summed E-state index contributed by atoms with van der Waals surface area (Å²) in [5, 5.41) is 6.88. The largest absolute Gasteiger partial charge is 0.465 e. The number of nitrogens with zero attached hydrogens (tertiary/aromatic N) is 3.